The highest BCUT2D eigenvalue weighted by Gasteiger charge is 2.39. The molecule has 0 aromatic heterocycles. The minimum absolute atomic E-state index is 0.0138. The average molecular weight is 286 g/mol. The van der Waals surface area contributed by atoms with Crippen molar-refractivity contribution in [2.24, 2.45) is 5.41 Å². The minimum Gasteiger partial charge on any atom is -0.337 e. The summed E-state index contributed by atoms with van der Waals surface area (Å²) >= 11 is 0. The van der Waals surface area contributed by atoms with Gasteiger partial charge in [0, 0.05) is 13.1 Å². The van der Waals surface area contributed by atoms with Gasteiger partial charge in [0.2, 0.25) is 5.91 Å². The van der Waals surface area contributed by atoms with Crippen molar-refractivity contribution >= 4 is 5.91 Å². The van der Waals surface area contributed by atoms with Gasteiger partial charge in [-0.2, -0.15) is 5.26 Å². The number of nitrogens with zero attached hydrogens (tertiary/aromatic N) is 2. The highest BCUT2D eigenvalue weighted by Crippen LogP contribution is 2.32. The van der Waals surface area contributed by atoms with Crippen molar-refractivity contribution in [3.63, 3.8) is 0 Å². The smallest absolute Gasteiger partial charge is 0.243 e. The van der Waals surface area contributed by atoms with Gasteiger partial charge in [-0.05, 0) is 25.3 Å². The van der Waals surface area contributed by atoms with Crippen molar-refractivity contribution in [2.45, 2.75) is 53.0 Å². The summed E-state index contributed by atoms with van der Waals surface area (Å²) in [6.07, 6.45) is 2.98. The van der Waals surface area contributed by atoms with E-state index in [1.54, 1.807) is 0 Å². The second kappa shape index (κ2) is 8.46. The van der Waals surface area contributed by atoms with Crippen molar-refractivity contribution in [3.05, 3.63) is 35.9 Å². The van der Waals surface area contributed by atoms with Gasteiger partial charge in [0.25, 0.3) is 0 Å². The van der Waals surface area contributed by atoms with Crippen molar-refractivity contribution in [1.82, 2.24) is 4.90 Å². The number of hydrogen-bond acceptors (Lipinski definition) is 2. The molecule has 0 saturated carbocycles. The van der Waals surface area contributed by atoms with Crippen LogP contribution in [0.1, 0.15) is 52.0 Å². The number of carbonyl (C=O) groups is 1. The molecule has 0 spiro atoms. The number of nitriles is 1. The number of amides is 1. The van der Waals surface area contributed by atoms with Crippen LogP contribution in [0.2, 0.25) is 0 Å². The molecule has 1 aromatic rings. The Kier molecular flexibility index (Phi) is 6.94. The lowest BCUT2D eigenvalue weighted by Crippen LogP contribution is -2.43. The van der Waals surface area contributed by atoms with E-state index in [9.17, 15) is 10.1 Å². The van der Waals surface area contributed by atoms with Crippen LogP contribution in [-0.2, 0) is 11.3 Å². The van der Waals surface area contributed by atoms with Crippen LogP contribution in [0.25, 0.3) is 0 Å². The number of benzene rings is 1. The van der Waals surface area contributed by atoms with Gasteiger partial charge in [0.15, 0.2) is 0 Å². The SMILES string of the molecule is CCCC(C#N)(CCC)C(=O)N(CC)Cc1ccccc1. The average Bonchev–Trinajstić information content (AvgIpc) is 2.52. The molecule has 21 heavy (non-hydrogen) atoms. The Labute approximate surface area is 128 Å². The molecule has 0 atom stereocenters. The fraction of sp³-hybridized carbons (Fsp3) is 0.556. The molecule has 0 aliphatic carbocycles. The zero-order chi connectivity index (χ0) is 15.7. The monoisotopic (exact) mass is 286 g/mol. The van der Waals surface area contributed by atoms with E-state index in [4.69, 9.17) is 0 Å². The Morgan fingerprint density at radius 3 is 2.14 bits per heavy atom. The predicted octanol–water partition coefficient (Wildman–Crippen LogP) is 4.15. The van der Waals surface area contributed by atoms with Crippen LogP contribution in [-0.4, -0.2) is 17.4 Å². The van der Waals surface area contributed by atoms with E-state index in [0.29, 0.717) is 25.9 Å². The second-order valence-electron chi connectivity index (χ2n) is 5.50. The molecule has 1 aromatic carbocycles. The summed E-state index contributed by atoms with van der Waals surface area (Å²) in [7, 11) is 0. The van der Waals surface area contributed by atoms with Gasteiger partial charge in [-0.1, -0.05) is 57.0 Å². The first-order valence-electron chi connectivity index (χ1n) is 7.88. The van der Waals surface area contributed by atoms with Gasteiger partial charge in [-0.3, -0.25) is 4.79 Å². The Morgan fingerprint density at radius 1 is 1.14 bits per heavy atom. The maximum absolute atomic E-state index is 12.9. The summed E-state index contributed by atoms with van der Waals surface area (Å²) in [5, 5.41) is 9.62. The Hall–Kier alpha value is -1.82. The number of rotatable bonds is 8. The van der Waals surface area contributed by atoms with Gasteiger partial charge in [-0.25, -0.2) is 0 Å². The van der Waals surface area contributed by atoms with Crippen LogP contribution in [0, 0.1) is 16.7 Å². The third kappa shape index (κ3) is 4.32. The molecular weight excluding hydrogens is 260 g/mol. The van der Waals surface area contributed by atoms with E-state index in [-0.39, 0.29) is 5.91 Å². The summed E-state index contributed by atoms with van der Waals surface area (Å²) < 4.78 is 0. The molecule has 1 amide bonds. The van der Waals surface area contributed by atoms with E-state index in [1.165, 1.54) is 0 Å². The molecule has 3 heteroatoms. The molecule has 0 radical (unpaired) electrons. The van der Waals surface area contributed by atoms with E-state index in [2.05, 4.69) is 6.07 Å². The van der Waals surface area contributed by atoms with Crippen LogP contribution in [0.15, 0.2) is 30.3 Å². The van der Waals surface area contributed by atoms with Crippen molar-refractivity contribution in [1.29, 1.82) is 5.26 Å². The fourth-order valence-corrected chi connectivity index (χ4v) is 2.79. The molecule has 0 bridgehead atoms. The lowest BCUT2D eigenvalue weighted by Gasteiger charge is -2.32. The number of hydrogen-bond donors (Lipinski definition) is 0. The highest BCUT2D eigenvalue weighted by atomic mass is 16.2. The standard InChI is InChI=1S/C18H26N2O/c1-4-12-18(15-19,13-5-2)17(21)20(6-3)14-16-10-8-7-9-11-16/h7-11H,4-6,12-14H2,1-3H3. The van der Waals surface area contributed by atoms with Crippen molar-refractivity contribution < 1.29 is 4.79 Å². The zero-order valence-electron chi connectivity index (χ0n) is 13.4. The topological polar surface area (TPSA) is 44.1 Å². The Balaban J connectivity index is 2.96. The van der Waals surface area contributed by atoms with Gasteiger partial charge < -0.3 is 4.90 Å². The maximum Gasteiger partial charge on any atom is 0.243 e. The van der Waals surface area contributed by atoms with Crippen LogP contribution in [0.4, 0.5) is 0 Å². The first-order valence-corrected chi connectivity index (χ1v) is 7.88. The molecule has 0 heterocycles. The maximum atomic E-state index is 12.9. The van der Waals surface area contributed by atoms with Crippen molar-refractivity contribution in [2.75, 3.05) is 6.54 Å². The molecule has 0 N–H and O–H groups in total. The van der Waals surface area contributed by atoms with Crippen LogP contribution < -0.4 is 0 Å². The quantitative estimate of drug-likeness (QED) is 0.720. The molecular formula is C18H26N2O. The third-order valence-corrected chi connectivity index (χ3v) is 3.86. The highest BCUT2D eigenvalue weighted by molar-refractivity contribution is 5.85. The molecule has 0 saturated heterocycles. The molecule has 0 fully saturated rings. The van der Waals surface area contributed by atoms with E-state index in [1.807, 2.05) is 56.0 Å². The summed E-state index contributed by atoms with van der Waals surface area (Å²) in [4.78, 5) is 14.7. The fourth-order valence-electron chi connectivity index (χ4n) is 2.79. The van der Waals surface area contributed by atoms with Crippen molar-refractivity contribution in [3.8, 4) is 6.07 Å². The largest absolute Gasteiger partial charge is 0.337 e. The third-order valence-electron chi connectivity index (χ3n) is 3.86. The first kappa shape index (κ1) is 17.2. The lowest BCUT2D eigenvalue weighted by atomic mass is 9.79. The van der Waals surface area contributed by atoms with Gasteiger partial charge in [-0.15, -0.1) is 0 Å². The molecule has 1 rings (SSSR count). The first-order chi connectivity index (χ1) is 10.1. The number of carbonyl (C=O) groups excluding carboxylic acids is 1. The molecule has 0 unspecified atom stereocenters. The Bertz CT molecular complexity index is 470. The lowest BCUT2D eigenvalue weighted by molar-refractivity contribution is -0.140. The summed E-state index contributed by atoms with van der Waals surface area (Å²) in [6, 6.07) is 12.3. The van der Waals surface area contributed by atoms with E-state index >= 15 is 0 Å². The van der Waals surface area contributed by atoms with E-state index < -0.39 is 5.41 Å². The summed E-state index contributed by atoms with van der Waals surface area (Å²) in [5.41, 5.74) is 0.251. The van der Waals surface area contributed by atoms with Crippen LogP contribution in [0.3, 0.4) is 0 Å². The minimum atomic E-state index is -0.853. The normalized spacial score (nSPS) is 11.0. The summed E-state index contributed by atoms with van der Waals surface area (Å²) in [5.74, 6) is -0.0138. The van der Waals surface area contributed by atoms with Gasteiger partial charge >= 0.3 is 0 Å². The van der Waals surface area contributed by atoms with Gasteiger partial charge in [0.1, 0.15) is 5.41 Å². The molecule has 0 aliphatic heterocycles. The Morgan fingerprint density at radius 2 is 1.71 bits per heavy atom. The second-order valence-corrected chi connectivity index (χ2v) is 5.50. The van der Waals surface area contributed by atoms with Crippen LogP contribution >= 0.6 is 0 Å². The zero-order valence-corrected chi connectivity index (χ0v) is 13.4. The molecule has 3 nitrogen and oxygen atoms in total. The van der Waals surface area contributed by atoms with Crippen LogP contribution in [0.5, 0.6) is 0 Å². The molecule has 114 valence electrons. The predicted molar refractivity (Wildman–Crippen MR) is 85.4 cm³/mol. The van der Waals surface area contributed by atoms with Gasteiger partial charge in [0.05, 0.1) is 6.07 Å². The summed E-state index contributed by atoms with van der Waals surface area (Å²) in [6.45, 7) is 7.24. The molecule has 0 aliphatic rings. The van der Waals surface area contributed by atoms with E-state index in [0.717, 1.165) is 18.4 Å².